The van der Waals surface area contributed by atoms with E-state index in [1.54, 1.807) is 0 Å². The summed E-state index contributed by atoms with van der Waals surface area (Å²) in [6, 6.07) is -5.73. The zero-order chi connectivity index (χ0) is 22.7. The topological polar surface area (TPSA) is 251 Å². The van der Waals surface area contributed by atoms with Crippen LogP contribution in [0.2, 0.25) is 0 Å². The van der Waals surface area contributed by atoms with E-state index < -0.39 is 72.8 Å². The molecule has 0 saturated carbocycles. The summed E-state index contributed by atoms with van der Waals surface area (Å²) in [7, 11) is 0. The predicted octanol–water partition coefficient (Wildman–Crippen LogP) is -4.39. The first-order chi connectivity index (χ1) is 13.4. The maximum Gasteiger partial charge on any atom is 0.328 e. The number of nitrogens with one attached hydrogen (secondary N) is 3. The highest BCUT2D eigenvalue weighted by atomic mass is 16.4. The molecule has 0 fully saturated rings. The number of hydrogen-bond acceptors (Lipinski definition) is 8. The van der Waals surface area contributed by atoms with E-state index in [-0.39, 0.29) is 12.8 Å². The van der Waals surface area contributed by atoms with E-state index in [1.807, 2.05) is 5.32 Å². The second-order valence-electron chi connectivity index (χ2n) is 6.08. The van der Waals surface area contributed by atoms with Crippen LogP contribution in [0, 0.1) is 0 Å². The van der Waals surface area contributed by atoms with Crippen molar-refractivity contribution >= 4 is 35.6 Å². The first-order valence-corrected chi connectivity index (χ1v) is 8.39. The Morgan fingerprint density at radius 2 is 1.45 bits per heavy atom. The van der Waals surface area contributed by atoms with Gasteiger partial charge in [0.1, 0.15) is 18.1 Å². The minimum absolute atomic E-state index is 0.126. The number of primary amides is 1. The van der Waals surface area contributed by atoms with E-state index in [1.165, 1.54) is 6.92 Å². The molecule has 164 valence electrons. The highest BCUT2D eigenvalue weighted by Crippen LogP contribution is 2.00. The summed E-state index contributed by atoms with van der Waals surface area (Å²) in [6.45, 7) is 0.296. The Bertz CT molecular complexity index is 654. The largest absolute Gasteiger partial charge is 0.481 e. The summed E-state index contributed by atoms with van der Waals surface area (Å²) < 4.78 is 0. The Morgan fingerprint density at radius 3 is 1.90 bits per heavy atom. The summed E-state index contributed by atoms with van der Waals surface area (Å²) in [4.78, 5) is 68.7. The summed E-state index contributed by atoms with van der Waals surface area (Å²) in [5, 5.41) is 32.8. The SMILES string of the molecule is CC(NC(=O)C(CC(=O)O)NC(=O)C(N)CCC(N)=O)C(=O)NC(CO)C(=O)O. The number of carboxylic acids is 2. The third-order valence-electron chi connectivity index (χ3n) is 3.60. The van der Waals surface area contributed by atoms with Crippen molar-refractivity contribution in [3.63, 3.8) is 0 Å². The van der Waals surface area contributed by atoms with Crippen LogP contribution in [-0.4, -0.2) is 81.7 Å². The molecule has 0 radical (unpaired) electrons. The van der Waals surface area contributed by atoms with Crippen LogP contribution in [0.1, 0.15) is 26.2 Å². The summed E-state index contributed by atoms with van der Waals surface area (Å²) >= 11 is 0. The Hall–Kier alpha value is -3.26. The zero-order valence-corrected chi connectivity index (χ0v) is 15.6. The molecular formula is C15H25N5O9. The van der Waals surface area contributed by atoms with Crippen molar-refractivity contribution in [3.8, 4) is 0 Å². The first kappa shape index (κ1) is 25.7. The highest BCUT2D eigenvalue weighted by molar-refractivity contribution is 5.95. The molecule has 14 heteroatoms. The standard InChI is InChI=1S/C15H25N5O9/c1-6(12(25)20-9(5-21)15(28)29)18-14(27)8(4-11(23)24)19-13(26)7(16)2-3-10(17)22/h6-9,21H,2-5,16H2,1H3,(H2,17,22)(H,18,27)(H,19,26)(H,20,25)(H,23,24)(H,28,29). The van der Waals surface area contributed by atoms with Crippen LogP contribution in [0.25, 0.3) is 0 Å². The van der Waals surface area contributed by atoms with Gasteiger partial charge in [0.25, 0.3) is 0 Å². The maximum absolute atomic E-state index is 12.3. The Labute approximate surface area is 165 Å². The summed E-state index contributed by atoms with van der Waals surface area (Å²) in [5.74, 6) is -6.54. The van der Waals surface area contributed by atoms with Crippen LogP contribution in [0.3, 0.4) is 0 Å². The fourth-order valence-corrected chi connectivity index (χ4v) is 1.95. The fourth-order valence-electron chi connectivity index (χ4n) is 1.95. The molecule has 0 aromatic rings. The lowest BCUT2D eigenvalue weighted by atomic mass is 10.1. The number of rotatable bonds is 13. The van der Waals surface area contributed by atoms with E-state index in [0.717, 1.165) is 0 Å². The van der Waals surface area contributed by atoms with Crippen molar-refractivity contribution in [1.29, 1.82) is 0 Å². The molecule has 0 aliphatic rings. The number of aliphatic carboxylic acids is 2. The van der Waals surface area contributed by atoms with Crippen molar-refractivity contribution < 1.29 is 44.1 Å². The Morgan fingerprint density at radius 1 is 0.897 bits per heavy atom. The number of carboxylic acid groups (broad SMARTS) is 2. The predicted molar refractivity (Wildman–Crippen MR) is 94.8 cm³/mol. The molecule has 29 heavy (non-hydrogen) atoms. The van der Waals surface area contributed by atoms with Gasteiger partial charge < -0.3 is 42.7 Å². The summed E-state index contributed by atoms with van der Waals surface area (Å²) in [6.07, 6.45) is -1.15. The molecule has 0 aliphatic carbocycles. The lowest BCUT2D eigenvalue weighted by Gasteiger charge is -2.22. The monoisotopic (exact) mass is 419 g/mol. The van der Waals surface area contributed by atoms with Gasteiger partial charge in [-0.15, -0.1) is 0 Å². The molecule has 0 aliphatic heterocycles. The second-order valence-corrected chi connectivity index (χ2v) is 6.08. The normalized spacial score (nSPS) is 14.6. The lowest BCUT2D eigenvalue weighted by Crippen LogP contribution is -2.57. The number of amides is 4. The Balaban J connectivity index is 5.00. The van der Waals surface area contributed by atoms with Crippen LogP contribution >= 0.6 is 0 Å². The van der Waals surface area contributed by atoms with Crippen molar-refractivity contribution in [3.05, 3.63) is 0 Å². The van der Waals surface area contributed by atoms with E-state index in [4.69, 9.17) is 26.8 Å². The number of aliphatic hydroxyl groups excluding tert-OH is 1. The Kier molecular flexibility index (Phi) is 10.9. The molecule has 0 heterocycles. The number of hydrogen-bond donors (Lipinski definition) is 8. The van der Waals surface area contributed by atoms with Crippen molar-refractivity contribution in [2.45, 2.75) is 50.4 Å². The minimum atomic E-state index is -1.60. The van der Waals surface area contributed by atoms with E-state index in [9.17, 15) is 28.8 Å². The summed E-state index contributed by atoms with van der Waals surface area (Å²) in [5.41, 5.74) is 10.5. The second kappa shape index (κ2) is 12.2. The molecule has 0 aromatic carbocycles. The van der Waals surface area contributed by atoms with Gasteiger partial charge in [-0.2, -0.15) is 0 Å². The van der Waals surface area contributed by atoms with E-state index in [0.29, 0.717) is 0 Å². The zero-order valence-electron chi connectivity index (χ0n) is 15.6. The molecule has 10 N–H and O–H groups in total. The van der Waals surface area contributed by atoms with Gasteiger partial charge in [-0.3, -0.25) is 24.0 Å². The number of nitrogens with two attached hydrogens (primary N) is 2. The average Bonchev–Trinajstić information content (AvgIpc) is 2.62. The van der Waals surface area contributed by atoms with Gasteiger partial charge >= 0.3 is 11.9 Å². The maximum atomic E-state index is 12.3. The smallest absolute Gasteiger partial charge is 0.328 e. The molecule has 0 bridgehead atoms. The van der Waals surface area contributed by atoms with Gasteiger partial charge in [-0.05, 0) is 13.3 Å². The van der Waals surface area contributed by atoms with Crippen molar-refractivity contribution in [2.75, 3.05) is 6.61 Å². The number of aliphatic hydroxyl groups is 1. The third kappa shape index (κ3) is 10.0. The van der Waals surface area contributed by atoms with Crippen LogP contribution in [-0.2, 0) is 28.8 Å². The minimum Gasteiger partial charge on any atom is -0.481 e. The van der Waals surface area contributed by atoms with Gasteiger partial charge in [-0.25, -0.2) is 4.79 Å². The lowest BCUT2D eigenvalue weighted by molar-refractivity contribution is -0.144. The molecule has 0 saturated heterocycles. The number of carbonyl (C=O) groups excluding carboxylic acids is 4. The quantitative estimate of drug-likeness (QED) is 0.142. The molecule has 14 nitrogen and oxygen atoms in total. The van der Waals surface area contributed by atoms with E-state index in [2.05, 4.69) is 10.6 Å². The molecule has 0 rings (SSSR count). The van der Waals surface area contributed by atoms with Gasteiger partial charge in [0, 0.05) is 6.42 Å². The van der Waals surface area contributed by atoms with Crippen LogP contribution in [0.5, 0.6) is 0 Å². The average molecular weight is 419 g/mol. The first-order valence-electron chi connectivity index (χ1n) is 8.39. The van der Waals surface area contributed by atoms with Crippen molar-refractivity contribution in [1.82, 2.24) is 16.0 Å². The molecule has 4 atom stereocenters. The van der Waals surface area contributed by atoms with Crippen LogP contribution in [0.15, 0.2) is 0 Å². The van der Waals surface area contributed by atoms with E-state index >= 15 is 0 Å². The molecule has 0 spiro atoms. The molecule has 4 amide bonds. The van der Waals surface area contributed by atoms with Gasteiger partial charge in [0.15, 0.2) is 0 Å². The fraction of sp³-hybridized carbons (Fsp3) is 0.600. The molecule has 0 aromatic heterocycles. The van der Waals surface area contributed by atoms with Crippen molar-refractivity contribution in [2.24, 2.45) is 11.5 Å². The third-order valence-corrected chi connectivity index (χ3v) is 3.60. The van der Waals surface area contributed by atoms with Crippen LogP contribution in [0.4, 0.5) is 0 Å². The van der Waals surface area contributed by atoms with Crippen LogP contribution < -0.4 is 27.4 Å². The highest BCUT2D eigenvalue weighted by Gasteiger charge is 2.29. The number of carbonyl (C=O) groups is 6. The van der Waals surface area contributed by atoms with Gasteiger partial charge in [-0.1, -0.05) is 0 Å². The van der Waals surface area contributed by atoms with Gasteiger partial charge in [0.05, 0.1) is 19.1 Å². The molecular weight excluding hydrogens is 394 g/mol. The molecule has 4 unspecified atom stereocenters. The van der Waals surface area contributed by atoms with Gasteiger partial charge in [0.2, 0.25) is 23.6 Å².